The van der Waals surface area contributed by atoms with Gasteiger partial charge in [0, 0.05) is 5.56 Å². The minimum atomic E-state index is -0.361. The van der Waals surface area contributed by atoms with Gasteiger partial charge in [-0.05, 0) is 52.3 Å². The molecule has 7 heteroatoms. The molecule has 2 aromatic carbocycles. The lowest BCUT2D eigenvalue weighted by Gasteiger charge is -2.09. The van der Waals surface area contributed by atoms with Gasteiger partial charge in [-0.2, -0.15) is 5.10 Å². The van der Waals surface area contributed by atoms with E-state index < -0.39 is 0 Å². The number of hydrogen-bond acceptors (Lipinski definition) is 4. The number of ether oxygens (including phenoxy) is 1. The third kappa shape index (κ3) is 2.62. The van der Waals surface area contributed by atoms with Crippen molar-refractivity contribution in [1.29, 1.82) is 0 Å². The second-order valence-electron chi connectivity index (χ2n) is 4.46. The molecule has 0 amide bonds. The molecule has 0 aliphatic heterocycles. The zero-order chi connectivity index (χ0) is 15.7. The number of aromatic hydroxyl groups is 2. The second kappa shape index (κ2) is 5.69. The van der Waals surface area contributed by atoms with Gasteiger partial charge in [0.25, 0.3) is 0 Å². The van der Waals surface area contributed by atoms with E-state index in [2.05, 4.69) is 26.1 Å². The van der Waals surface area contributed by atoms with E-state index in [1.165, 1.54) is 42.6 Å². The van der Waals surface area contributed by atoms with Gasteiger partial charge in [0.05, 0.1) is 6.20 Å². The molecule has 3 N–H and O–H groups in total. The van der Waals surface area contributed by atoms with Gasteiger partial charge in [0.2, 0.25) is 0 Å². The van der Waals surface area contributed by atoms with E-state index in [9.17, 15) is 14.6 Å². The fraction of sp³-hybridized carbons (Fsp3) is 0. The smallest absolute Gasteiger partial charge is 0.173 e. The monoisotopic (exact) mass is 364 g/mol. The van der Waals surface area contributed by atoms with Crippen molar-refractivity contribution in [3.8, 4) is 34.3 Å². The van der Waals surface area contributed by atoms with Gasteiger partial charge in [-0.25, -0.2) is 4.39 Å². The van der Waals surface area contributed by atoms with Crippen LogP contribution in [0.3, 0.4) is 0 Å². The fourth-order valence-corrected chi connectivity index (χ4v) is 2.28. The van der Waals surface area contributed by atoms with Crippen molar-refractivity contribution < 1.29 is 19.3 Å². The average molecular weight is 365 g/mol. The van der Waals surface area contributed by atoms with Gasteiger partial charge >= 0.3 is 0 Å². The standard InChI is InChI=1S/C15H10BrFN2O3/c16-13-11(20)6-5-10(15(13)21)14-12(7-18-19-14)22-9-3-1-8(17)2-4-9/h1-7,20-21H,(H,18,19). The Bertz CT molecular complexity index is 818. The van der Waals surface area contributed by atoms with E-state index in [0.717, 1.165) is 0 Å². The molecule has 0 aliphatic carbocycles. The van der Waals surface area contributed by atoms with Crippen molar-refractivity contribution >= 4 is 15.9 Å². The summed E-state index contributed by atoms with van der Waals surface area (Å²) < 4.78 is 18.7. The maximum Gasteiger partial charge on any atom is 0.173 e. The summed E-state index contributed by atoms with van der Waals surface area (Å²) in [5.41, 5.74) is 0.835. The number of benzene rings is 2. The van der Waals surface area contributed by atoms with Gasteiger partial charge in [-0.15, -0.1) is 0 Å². The molecule has 0 radical (unpaired) electrons. The predicted octanol–water partition coefficient (Wildman–Crippen LogP) is 4.18. The summed E-state index contributed by atoms with van der Waals surface area (Å²) in [4.78, 5) is 0. The lowest BCUT2D eigenvalue weighted by molar-refractivity contribution is 0.445. The molecule has 0 saturated heterocycles. The van der Waals surface area contributed by atoms with Gasteiger partial charge in [-0.3, -0.25) is 5.10 Å². The van der Waals surface area contributed by atoms with E-state index >= 15 is 0 Å². The molecule has 1 heterocycles. The van der Waals surface area contributed by atoms with E-state index in [1.54, 1.807) is 0 Å². The highest BCUT2D eigenvalue weighted by Crippen LogP contribution is 2.43. The first-order valence-corrected chi connectivity index (χ1v) is 7.03. The van der Waals surface area contributed by atoms with E-state index in [4.69, 9.17) is 4.74 Å². The van der Waals surface area contributed by atoms with Gasteiger partial charge in [0.1, 0.15) is 33.2 Å². The number of halogens is 2. The van der Waals surface area contributed by atoms with Crippen molar-refractivity contribution in [3.05, 3.63) is 52.9 Å². The Hall–Kier alpha value is -2.54. The first kappa shape index (κ1) is 14.4. The predicted molar refractivity (Wildman–Crippen MR) is 81.5 cm³/mol. The van der Waals surface area contributed by atoms with Gasteiger partial charge in [0.15, 0.2) is 5.75 Å². The highest BCUT2D eigenvalue weighted by molar-refractivity contribution is 9.10. The summed E-state index contributed by atoms with van der Waals surface area (Å²) in [5.74, 6) is 0.204. The largest absolute Gasteiger partial charge is 0.507 e. The van der Waals surface area contributed by atoms with Crippen LogP contribution in [0.25, 0.3) is 11.3 Å². The van der Waals surface area contributed by atoms with Crippen molar-refractivity contribution in [2.45, 2.75) is 0 Å². The number of rotatable bonds is 3. The van der Waals surface area contributed by atoms with Crippen molar-refractivity contribution in [3.63, 3.8) is 0 Å². The highest BCUT2D eigenvalue weighted by atomic mass is 79.9. The van der Waals surface area contributed by atoms with Crippen LogP contribution in [0.4, 0.5) is 4.39 Å². The maximum atomic E-state index is 12.9. The van der Waals surface area contributed by atoms with Crippen LogP contribution < -0.4 is 4.74 Å². The molecule has 0 saturated carbocycles. The van der Waals surface area contributed by atoms with E-state index in [1.807, 2.05) is 0 Å². The van der Waals surface area contributed by atoms with Crippen molar-refractivity contribution in [2.75, 3.05) is 0 Å². The maximum absolute atomic E-state index is 12.9. The lowest BCUT2D eigenvalue weighted by Crippen LogP contribution is -1.88. The molecule has 3 rings (SSSR count). The topological polar surface area (TPSA) is 78.4 Å². The lowest BCUT2D eigenvalue weighted by atomic mass is 10.1. The van der Waals surface area contributed by atoms with Crippen LogP contribution in [-0.4, -0.2) is 20.4 Å². The molecule has 0 aliphatic rings. The first-order valence-electron chi connectivity index (χ1n) is 6.24. The van der Waals surface area contributed by atoms with Crippen LogP contribution in [0.15, 0.2) is 47.1 Å². The van der Waals surface area contributed by atoms with Gasteiger partial charge < -0.3 is 14.9 Å². The first-order chi connectivity index (χ1) is 10.6. The zero-order valence-corrected chi connectivity index (χ0v) is 12.6. The van der Waals surface area contributed by atoms with Crippen LogP contribution in [0.2, 0.25) is 0 Å². The molecule has 5 nitrogen and oxygen atoms in total. The number of nitrogens with one attached hydrogen (secondary N) is 1. The molecule has 0 bridgehead atoms. The molecule has 0 spiro atoms. The molecule has 0 atom stereocenters. The summed E-state index contributed by atoms with van der Waals surface area (Å²) in [6.45, 7) is 0. The zero-order valence-electron chi connectivity index (χ0n) is 11.0. The molecular formula is C15H10BrFN2O3. The highest BCUT2D eigenvalue weighted by Gasteiger charge is 2.17. The summed E-state index contributed by atoms with van der Waals surface area (Å²) >= 11 is 3.10. The molecule has 1 aromatic heterocycles. The Morgan fingerprint density at radius 1 is 1.09 bits per heavy atom. The summed E-state index contributed by atoms with van der Waals surface area (Å²) in [7, 11) is 0. The van der Waals surface area contributed by atoms with Crippen LogP contribution in [0, 0.1) is 5.82 Å². The van der Waals surface area contributed by atoms with E-state index in [-0.39, 0.29) is 21.8 Å². The SMILES string of the molecule is Oc1ccc(-c2[nH]ncc2Oc2ccc(F)cc2)c(O)c1Br. The normalized spacial score (nSPS) is 10.6. The number of hydrogen-bond donors (Lipinski definition) is 3. The van der Waals surface area contributed by atoms with Crippen LogP contribution >= 0.6 is 15.9 Å². The van der Waals surface area contributed by atoms with Crippen molar-refractivity contribution in [1.82, 2.24) is 10.2 Å². The fourth-order valence-electron chi connectivity index (χ4n) is 1.93. The average Bonchev–Trinajstić information content (AvgIpc) is 2.95. The number of aromatic amines is 1. The number of phenols is 2. The van der Waals surface area contributed by atoms with Crippen LogP contribution in [0.1, 0.15) is 0 Å². The molecule has 0 unspecified atom stereocenters. The summed E-state index contributed by atoms with van der Waals surface area (Å²) in [5, 5.41) is 26.3. The minimum absolute atomic E-state index is 0.0817. The second-order valence-corrected chi connectivity index (χ2v) is 5.25. The Kier molecular flexibility index (Phi) is 3.72. The van der Waals surface area contributed by atoms with Crippen molar-refractivity contribution in [2.24, 2.45) is 0 Å². The minimum Gasteiger partial charge on any atom is -0.507 e. The Balaban J connectivity index is 1.99. The molecule has 0 fully saturated rings. The quantitative estimate of drug-likeness (QED) is 0.651. The van der Waals surface area contributed by atoms with Crippen LogP contribution in [-0.2, 0) is 0 Å². The third-order valence-electron chi connectivity index (χ3n) is 3.01. The third-order valence-corrected chi connectivity index (χ3v) is 3.79. The van der Waals surface area contributed by atoms with E-state index in [0.29, 0.717) is 22.8 Å². The Labute approximate surface area is 133 Å². The number of aromatic nitrogens is 2. The molecule has 22 heavy (non-hydrogen) atoms. The Morgan fingerprint density at radius 3 is 2.55 bits per heavy atom. The Morgan fingerprint density at radius 2 is 1.82 bits per heavy atom. The number of H-pyrrole nitrogens is 1. The summed E-state index contributed by atoms with van der Waals surface area (Å²) in [6.07, 6.45) is 1.44. The molecule has 112 valence electrons. The molecule has 3 aromatic rings. The molecular weight excluding hydrogens is 355 g/mol. The number of nitrogens with zero attached hydrogens (tertiary/aromatic N) is 1. The summed E-state index contributed by atoms with van der Waals surface area (Å²) in [6, 6.07) is 8.49. The number of phenolic OH excluding ortho intramolecular Hbond substituents is 2. The van der Waals surface area contributed by atoms with Crippen LogP contribution in [0.5, 0.6) is 23.0 Å². The van der Waals surface area contributed by atoms with Gasteiger partial charge in [-0.1, -0.05) is 0 Å².